The first kappa shape index (κ1) is 22.3. The molecule has 4 rings (SSSR count). The minimum Gasteiger partial charge on any atom is -0.357 e. The van der Waals surface area contributed by atoms with Gasteiger partial charge in [0.25, 0.3) is 5.91 Å². The lowest BCUT2D eigenvalue weighted by atomic mass is 10.2. The number of thioether (sulfide) groups is 1. The molecule has 3 aromatic rings. The van der Waals surface area contributed by atoms with E-state index < -0.39 is 0 Å². The van der Waals surface area contributed by atoms with Crippen LogP contribution in [0.2, 0.25) is 0 Å². The van der Waals surface area contributed by atoms with Crippen LogP contribution in [0.4, 0.5) is 10.2 Å². The summed E-state index contributed by atoms with van der Waals surface area (Å²) in [6.07, 6.45) is 8.53. The molecule has 1 aromatic carbocycles. The average Bonchev–Trinajstić information content (AvgIpc) is 3.12. The minimum atomic E-state index is -0.259. The number of nitrogens with zero attached hydrogens (tertiary/aromatic N) is 3. The molecule has 1 aliphatic rings. The van der Waals surface area contributed by atoms with Gasteiger partial charge in [-0.1, -0.05) is 31.0 Å². The van der Waals surface area contributed by atoms with Gasteiger partial charge >= 0.3 is 0 Å². The zero-order valence-corrected chi connectivity index (χ0v) is 18.8. The highest BCUT2D eigenvalue weighted by atomic mass is 32.2. The van der Waals surface area contributed by atoms with Crippen molar-refractivity contribution < 1.29 is 9.18 Å². The van der Waals surface area contributed by atoms with Gasteiger partial charge in [-0.25, -0.2) is 14.4 Å². The van der Waals surface area contributed by atoms with Crippen molar-refractivity contribution in [3.05, 3.63) is 83.4 Å². The maximum Gasteiger partial charge on any atom is 0.254 e. The Labute approximate surface area is 192 Å². The van der Waals surface area contributed by atoms with Crippen LogP contribution in [0.25, 0.3) is 0 Å². The monoisotopic (exact) mass is 450 g/mol. The highest BCUT2D eigenvalue weighted by molar-refractivity contribution is 7.98. The Bertz CT molecular complexity index is 1020. The van der Waals surface area contributed by atoms with Crippen LogP contribution in [0.5, 0.6) is 0 Å². The number of anilines is 1. The summed E-state index contributed by atoms with van der Waals surface area (Å²) in [6, 6.07) is 14.0. The topological polar surface area (TPSA) is 58.1 Å². The highest BCUT2D eigenvalue weighted by Gasteiger charge is 2.14. The Morgan fingerprint density at radius 1 is 0.969 bits per heavy atom. The van der Waals surface area contributed by atoms with Gasteiger partial charge < -0.3 is 10.2 Å². The standard InChI is InChI=1S/C25H27FN4OS/c26-21-10-7-19(8-11-21)18-32-25-22(6-5-13-27-25)24(31)29-17-20-9-12-23(28-16-20)30-14-3-1-2-4-15-30/h5-13,16H,1-4,14-15,17-18H2,(H,29,31). The zero-order valence-electron chi connectivity index (χ0n) is 18.0. The lowest BCUT2D eigenvalue weighted by Crippen LogP contribution is -2.25. The molecule has 0 unspecified atom stereocenters. The molecule has 5 nitrogen and oxygen atoms in total. The number of amides is 1. The van der Waals surface area contributed by atoms with Crippen molar-refractivity contribution in [2.75, 3.05) is 18.0 Å². The fourth-order valence-electron chi connectivity index (χ4n) is 3.70. The van der Waals surface area contributed by atoms with Crippen LogP contribution < -0.4 is 10.2 Å². The maximum atomic E-state index is 13.1. The van der Waals surface area contributed by atoms with E-state index in [2.05, 4.69) is 20.2 Å². The second-order valence-electron chi connectivity index (χ2n) is 7.88. The van der Waals surface area contributed by atoms with Gasteiger partial charge in [0.1, 0.15) is 16.7 Å². The van der Waals surface area contributed by atoms with E-state index in [1.165, 1.54) is 49.6 Å². The number of rotatable bonds is 7. The molecule has 0 bridgehead atoms. The van der Waals surface area contributed by atoms with Crippen LogP contribution in [0.3, 0.4) is 0 Å². The number of aromatic nitrogens is 2. The Kier molecular flexibility index (Phi) is 7.72. The maximum absolute atomic E-state index is 13.1. The van der Waals surface area contributed by atoms with Crippen LogP contribution in [0.1, 0.15) is 47.2 Å². The van der Waals surface area contributed by atoms with Crippen molar-refractivity contribution in [2.45, 2.75) is 43.0 Å². The van der Waals surface area contributed by atoms with E-state index in [-0.39, 0.29) is 11.7 Å². The molecule has 7 heteroatoms. The molecule has 3 heterocycles. The van der Waals surface area contributed by atoms with Gasteiger partial charge in [-0.3, -0.25) is 4.79 Å². The summed E-state index contributed by atoms with van der Waals surface area (Å²) in [5, 5.41) is 3.63. The molecule has 0 atom stereocenters. The van der Waals surface area contributed by atoms with Crippen molar-refractivity contribution in [2.24, 2.45) is 0 Å². The van der Waals surface area contributed by atoms with E-state index >= 15 is 0 Å². The third-order valence-corrected chi connectivity index (χ3v) is 6.57. The summed E-state index contributed by atoms with van der Waals surface area (Å²) in [5.74, 6) is 1.19. The number of pyridine rings is 2. The van der Waals surface area contributed by atoms with Crippen molar-refractivity contribution in [1.82, 2.24) is 15.3 Å². The quantitative estimate of drug-likeness (QED) is 0.500. The Morgan fingerprint density at radius 2 is 1.72 bits per heavy atom. The molecule has 0 spiro atoms. The second kappa shape index (κ2) is 11.1. The predicted molar refractivity (Wildman–Crippen MR) is 126 cm³/mol. The molecule has 0 aliphatic carbocycles. The Morgan fingerprint density at radius 3 is 2.44 bits per heavy atom. The van der Waals surface area contributed by atoms with Crippen molar-refractivity contribution >= 4 is 23.5 Å². The Hall–Kier alpha value is -2.93. The first-order valence-corrected chi connectivity index (χ1v) is 12.0. The van der Waals surface area contributed by atoms with Crippen LogP contribution >= 0.6 is 11.8 Å². The second-order valence-corrected chi connectivity index (χ2v) is 8.84. The van der Waals surface area contributed by atoms with E-state index in [0.717, 1.165) is 30.0 Å². The number of hydrogen-bond acceptors (Lipinski definition) is 5. The lowest BCUT2D eigenvalue weighted by molar-refractivity contribution is 0.0947. The van der Waals surface area contributed by atoms with Crippen molar-refractivity contribution in [1.29, 1.82) is 0 Å². The minimum absolute atomic E-state index is 0.170. The first-order chi connectivity index (χ1) is 15.7. The predicted octanol–water partition coefficient (Wildman–Crippen LogP) is 5.22. The number of halogens is 1. The summed E-state index contributed by atoms with van der Waals surface area (Å²) >= 11 is 1.46. The van der Waals surface area contributed by atoms with Gasteiger partial charge in [-0.2, -0.15) is 0 Å². The summed E-state index contributed by atoms with van der Waals surface area (Å²) in [6.45, 7) is 2.52. The molecule has 1 aliphatic heterocycles. The summed E-state index contributed by atoms with van der Waals surface area (Å²) in [7, 11) is 0. The van der Waals surface area contributed by atoms with E-state index in [1.807, 2.05) is 18.3 Å². The van der Waals surface area contributed by atoms with Crippen LogP contribution in [0.15, 0.2) is 66.0 Å². The van der Waals surface area contributed by atoms with Gasteiger partial charge in [0.05, 0.1) is 5.56 Å². The molecule has 1 N–H and O–H groups in total. The van der Waals surface area contributed by atoms with Crippen molar-refractivity contribution in [3.8, 4) is 0 Å². The molecule has 1 fully saturated rings. The first-order valence-electron chi connectivity index (χ1n) is 11.0. The van der Waals surface area contributed by atoms with E-state index in [9.17, 15) is 9.18 Å². The molecular weight excluding hydrogens is 423 g/mol. The fraction of sp³-hybridized carbons (Fsp3) is 0.320. The molecule has 32 heavy (non-hydrogen) atoms. The number of carbonyl (C=O) groups excluding carboxylic acids is 1. The largest absolute Gasteiger partial charge is 0.357 e. The number of nitrogens with one attached hydrogen (secondary N) is 1. The third kappa shape index (κ3) is 6.07. The molecule has 0 saturated carbocycles. The molecule has 2 aromatic heterocycles. The van der Waals surface area contributed by atoms with Gasteiger partial charge in [0, 0.05) is 37.8 Å². The van der Waals surface area contributed by atoms with E-state index in [1.54, 1.807) is 30.5 Å². The van der Waals surface area contributed by atoms with Gasteiger partial charge in [-0.15, -0.1) is 11.8 Å². The summed E-state index contributed by atoms with van der Waals surface area (Å²) in [5.41, 5.74) is 2.47. The molecule has 1 amide bonds. The summed E-state index contributed by atoms with van der Waals surface area (Å²) in [4.78, 5) is 24.1. The van der Waals surface area contributed by atoms with Gasteiger partial charge in [0.15, 0.2) is 0 Å². The number of hydrogen-bond donors (Lipinski definition) is 1. The van der Waals surface area contributed by atoms with Gasteiger partial charge in [-0.05, 0) is 54.3 Å². The smallest absolute Gasteiger partial charge is 0.254 e. The van der Waals surface area contributed by atoms with Gasteiger partial charge in [0.2, 0.25) is 0 Å². The number of benzene rings is 1. The van der Waals surface area contributed by atoms with Crippen LogP contribution in [0, 0.1) is 5.82 Å². The van der Waals surface area contributed by atoms with Crippen LogP contribution in [-0.2, 0) is 12.3 Å². The summed E-state index contributed by atoms with van der Waals surface area (Å²) < 4.78 is 13.1. The highest BCUT2D eigenvalue weighted by Crippen LogP contribution is 2.24. The average molecular weight is 451 g/mol. The molecule has 0 radical (unpaired) electrons. The third-order valence-electron chi connectivity index (χ3n) is 5.50. The normalized spacial score (nSPS) is 14.1. The number of carbonyl (C=O) groups is 1. The molecule has 1 saturated heterocycles. The van der Waals surface area contributed by atoms with Crippen LogP contribution in [-0.4, -0.2) is 29.0 Å². The van der Waals surface area contributed by atoms with E-state index in [4.69, 9.17) is 0 Å². The lowest BCUT2D eigenvalue weighted by Gasteiger charge is -2.21. The molecular formula is C25H27FN4OS. The zero-order chi connectivity index (χ0) is 22.2. The SMILES string of the molecule is O=C(NCc1ccc(N2CCCCCC2)nc1)c1cccnc1SCc1ccc(F)cc1. The fourth-order valence-corrected chi connectivity index (χ4v) is 4.64. The van der Waals surface area contributed by atoms with Crippen molar-refractivity contribution in [3.63, 3.8) is 0 Å². The Balaban J connectivity index is 1.34. The van der Waals surface area contributed by atoms with E-state index in [0.29, 0.717) is 22.9 Å². The molecule has 166 valence electrons.